The Morgan fingerprint density at radius 2 is 2.15 bits per heavy atom. The van der Waals surface area contributed by atoms with E-state index in [0.717, 1.165) is 6.07 Å². The number of halogens is 1. The molecule has 0 unspecified atom stereocenters. The predicted octanol–water partition coefficient (Wildman–Crippen LogP) is 3.12. The summed E-state index contributed by atoms with van der Waals surface area (Å²) in [6, 6.07) is 2.67. The second kappa shape index (κ2) is 7.22. The lowest BCUT2D eigenvalue weighted by Crippen LogP contribution is -2.22. The third-order valence-electron chi connectivity index (χ3n) is 4.23. The fourth-order valence-corrected chi connectivity index (χ4v) is 3.03. The Balaban J connectivity index is 2.18. The number of benzene rings is 1. The predicted molar refractivity (Wildman–Crippen MR) is 98.6 cm³/mol. The molecule has 7 nitrogen and oxygen atoms in total. The first-order valence-electron chi connectivity index (χ1n) is 8.46. The Labute approximate surface area is 154 Å². The molecule has 0 saturated heterocycles. The third kappa shape index (κ3) is 3.69. The number of oxazole rings is 1. The van der Waals surface area contributed by atoms with E-state index < -0.39 is 17.2 Å². The first-order chi connectivity index (χ1) is 12.8. The molecule has 0 aliphatic heterocycles. The van der Waals surface area contributed by atoms with Crippen molar-refractivity contribution in [3.63, 3.8) is 0 Å². The van der Waals surface area contributed by atoms with Gasteiger partial charge >= 0.3 is 5.97 Å². The van der Waals surface area contributed by atoms with Gasteiger partial charge in [0.2, 0.25) is 5.43 Å². The van der Waals surface area contributed by atoms with Crippen LogP contribution < -0.4 is 10.3 Å². The van der Waals surface area contributed by atoms with Crippen molar-refractivity contribution in [3.05, 3.63) is 58.3 Å². The van der Waals surface area contributed by atoms with Crippen molar-refractivity contribution in [1.82, 2.24) is 9.55 Å². The second-order valence-electron chi connectivity index (χ2n) is 6.87. The van der Waals surface area contributed by atoms with E-state index >= 15 is 0 Å². The number of hydrogen-bond donors (Lipinski definition) is 1. The van der Waals surface area contributed by atoms with Crippen LogP contribution >= 0.6 is 0 Å². The van der Waals surface area contributed by atoms with Crippen molar-refractivity contribution in [2.75, 3.05) is 11.9 Å². The second-order valence-corrected chi connectivity index (χ2v) is 6.87. The zero-order valence-corrected chi connectivity index (χ0v) is 15.3. The molecule has 142 valence electrons. The van der Waals surface area contributed by atoms with E-state index in [0.29, 0.717) is 24.4 Å². The third-order valence-corrected chi connectivity index (χ3v) is 4.23. The molecule has 27 heavy (non-hydrogen) atoms. The normalized spacial score (nSPS) is 11.3. The summed E-state index contributed by atoms with van der Waals surface area (Å²) < 4.78 is 21.6. The van der Waals surface area contributed by atoms with E-state index in [1.54, 1.807) is 28.8 Å². The zero-order valence-electron chi connectivity index (χ0n) is 15.3. The molecule has 0 radical (unpaired) electrons. The highest BCUT2D eigenvalue weighted by atomic mass is 19.1. The van der Waals surface area contributed by atoms with Gasteiger partial charge in [-0.05, 0) is 18.1 Å². The lowest BCUT2D eigenvalue weighted by Gasteiger charge is -2.21. The molecular formula is C19H20FN3O4. The number of hydrogen-bond acceptors (Lipinski definition) is 5. The van der Waals surface area contributed by atoms with Crippen molar-refractivity contribution in [3.8, 4) is 0 Å². The fourth-order valence-electron chi connectivity index (χ4n) is 3.03. The quantitative estimate of drug-likeness (QED) is 0.714. The van der Waals surface area contributed by atoms with Gasteiger partial charge in [-0.15, -0.1) is 0 Å². The number of aromatic nitrogens is 2. The van der Waals surface area contributed by atoms with Crippen molar-refractivity contribution < 1.29 is 18.7 Å². The summed E-state index contributed by atoms with van der Waals surface area (Å²) >= 11 is 0. The van der Waals surface area contributed by atoms with Crippen LogP contribution in [-0.2, 0) is 13.1 Å². The van der Waals surface area contributed by atoms with Gasteiger partial charge in [-0.3, -0.25) is 4.79 Å². The summed E-state index contributed by atoms with van der Waals surface area (Å²) in [5.41, 5.74) is -0.301. The van der Waals surface area contributed by atoms with Crippen molar-refractivity contribution in [1.29, 1.82) is 0 Å². The Bertz CT molecular complexity index is 1040. The Hall–Kier alpha value is -3.16. The minimum atomic E-state index is -1.33. The van der Waals surface area contributed by atoms with Gasteiger partial charge in [-0.25, -0.2) is 14.2 Å². The van der Waals surface area contributed by atoms with Gasteiger partial charge in [0.05, 0.1) is 23.9 Å². The Morgan fingerprint density at radius 1 is 1.41 bits per heavy atom. The van der Waals surface area contributed by atoms with Crippen molar-refractivity contribution in [2.24, 2.45) is 5.92 Å². The minimum absolute atomic E-state index is 0.0462. The number of carbonyl (C=O) groups is 1. The van der Waals surface area contributed by atoms with E-state index in [1.165, 1.54) is 12.6 Å². The number of carboxylic acid groups (broad SMARTS) is 1. The maximum absolute atomic E-state index is 14.7. The van der Waals surface area contributed by atoms with E-state index in [2.05, 4.69) is 4.98 Å². The molecule has 2 heterocycles. The number of rotatable bonds is 6. The van der Waals surface area contributed by atoms with Crippen LogP contribution in [0.2, 0.25) is 0 Å². The van der Waals surface area contributed by atoms with Gasteiger partial charge in [-0.2, -0.15) is 0 Å². The number of carboxylic acids is 1. The molecule has 0 aliphatic carbocycles. The highest BCUT2D eigenvalue weighted by Gasteiger charge is 2.19. The SMILES string of the molecule is CC(C)Cn1cc(C(=O)O)c(=O)c2cc(F)c(N(C)Cc3cnco3)cc21. The monoisotopic (exact) mass is 373 g/mol. The van der Waals surface area contributed by atoms with Crippen LogP contribution in [0.1, 0.15) is 30.0 Å². The number of anilines is 1. The van der Waals surface area contributed by atoms with Crippen LogP contribution in [0.15, 0.2) is 40.1 Å². The highest BCUT2D eigenvalue weighted by molar-refractivity contribution is 5.93. The maximum Gasteiger partial charge on any atom is 0.341 e. The van der Waals surface area contributed by atoms with E-state index in [4.69, 9.17) is 4.42 Å². The average molecular weight is 373 g/mol. The Kier molecular flexibility index (Phi) is 4.98. The molecular weight excluding hydrogens is 353 g/mol. The van der Waals surface area contributed by atoms with Crippen LogP contribution in [-0.4, -0.2) is 27.7 Å². The Morgan fingerprint density at radius 3 is 2.74 bits per heavy atom. The number of nitrogens with zero attached hydrogens (tertiary/aromatic N) is 3. The van der Waals surface area contributed by atoms with Gasteiger partial charge < -0.3 is 19.0 Å². The fraction of sp³-hybridized carbons (Fsp3) is 0.316. The first-order valence-corrected chi connectivity index (χ1v) is 8.46. The zero-order chi connectivity index (χ0) is 19.7. The number of aromatic carboxylic acids is 1. The maximum atomic E-state index is 14.7. The smallest absolute Gasteiger partial charge is 0.341 e. The largest absolute Gasteiger partial charge is 0.477 e. The molecule has 0 fully saturated rings. The van der Waals surface area contributed by atoms with Crippen molar-refractivity contribution >= 4 is 22.6 Å². The summed E-state index contributed by atoms with van der Waals surface area (Å²) in [5, 5.41) is 9.35. The van der Waals surface area contributed by atoms with Gasteiger partial charge in [0, 0.05) is 25.2 Å². The first kappa shape index (κ1) is 18.6. The van der Waals surface area contributed by atoms with Crippen LogP contribution in [0, 0.1) is 11.7 Å². The van der Waals surface area contributed by atoms with Crippen LogP contribution in [0.25, 0.3) is 10.9 Å². The van der Waals surface area contributed by atoms with Crippen molar-refractivity contribution in [2.45, 2.75) is 26.9 Å². The van der Waals surface area contributed by atoms with Gasteiger partial charge in [-0.1, -0.05) is 13.8 Å². The average Bonchev–Trinajstić information content (AvgIpc) is 3.09. The summed E-state index contributed by atoms with van der Waals surface area (Å²) in [6.45, 7) is 4.74. The molecule has 0 bridgehead atoms. The molecule has 0 saturated carbocycles. The molecule has 2 aromatic heterocycles. The highest BCUT2D eigenvalue weighted by Crippen LogP contribution is 2.26. The molecule has 0 aliphatic rings. The summed E-state index contributed by atoms with van der Waals surface area (Å²) in [7, 11) is 1.70. The molecule has 3 rings (SSSR count). The van der Waals surface area contributed by atoms with Gasteiger partial charge in [0.15, 0.2) is 6.39 Å². The molecule has 1 aromatic carbocycles. The topological polar surface area (TPSA) is 88.6 Å². The molecule has 0 atom stereocenters. The molecule has 3 aromatic rings. The van der Waals surface area contributed by atoms with Gasteiger partial charge in [0.1, 0.15) is 17.1 Å². The van der Waals surface area contributed by atoms with Crippen LogP contribution in [0.5, 0.6) is 0 Å². The van der Waals surface area contributed by atoms with Crippen LogP contribution in [0.3, 0.4) is 0 Å². The summed E-state index contributed by atoms with van der Waals surface area (Å²) in [6.07, 6.45) is 4.17. The molecule has 0 amide bonds. The van der Waals surface area contributed by atoms with E-state index in [-0.39, 0.29) is 22.6 Å². The lowest BCUT2D eigenvalue weighted by atomic mass is 10.1. The standard InChI is InChI=1S/C19H20FN3O4/c1-11(2)7-23-9-14(19(25)26)18(24)13-4-15(20)17(5-16(13)23)22(3)8-12-6-21-10-27-12/h4-6,9-11H,7-8H2,1-3H3,(H,25,26). The van der Waals surface area contributed by atoms with Gasteiger partial charge in [0.25, 0.3) is 0 Å². The molecule has 0 spiro atoms. The molecule has 1 N–H and O–H groups in total. The lowest BCUT2D eigenvalue weighted by molar-refractivity contribution is 0.0694. The molecule has 8 heteroatoms. The summed E-state index contributed by atoms with van der Waals surface area (Å²) in [4.78, 5) is 29.4. The minimum Gasteiger partial charge on any atom is -0.477 e. The van der Waals surface area contributed by atoms with E-state index in [9.17, 15) is 19.1 Å². The van der Waals surface area contributed by atoms with E-state index in [1.807, 2.05) is 13.8 Å². The van der Waals surface area contributed by atoms with Crippen LogP contribution in [0.4, 0.5) is 10.1 Å². The number of pyridine rings is 1. The number of fused-ring (bicyclic) bond motifs is 1. The summed E-state index contributed by atoms with van der Waals surface area (Å²) in [5.74, 6) is -1.16.